The van der Waals surface area contributed by atoms with Crippen LogP contribution in [0.5, 0.6) is 0 Å². The Balaban J connectivity index is 1.97. The number of likely N-dealkylation sites (N-methyl/N-ethyl adjacent to an activating group) is 1. The average molecular weight is 331 g/mol. The van der Waals surface area contributed by atoms with Crippen molar-refractivity contribution in [1.29, 1.82) is 0 Å². The van der Waals surface area contributed by atoms with Gasteiger partial charge in [-0.2, -0.15) is 0 Å². The van der Waals surface area contributed by atoms with Crippen LogP contribution in [-0.2, 0) is 0 Å². The number of thiophene rings is 1. The third-order valence-corrected chi connectivity index (χ3v) is 4.92. The number of piperidine rings is 1. The minimum atomic E-state index is 0.153. The first-order valence-electron chi connectivity index (χ1n) is 6.48. The number of hydrogen-bond donors (Lipinski definition) is 1. The van der Waals surface area contributed by atoms with Gasteiger partial charge in [0.15, 0.2) is 0 Å². The predicted octanol–water partition coefficient (Wildman–Crippen LogP) is 3.11. The highest BCUT2D eigenvalue weighted by Gasteiger charge is 2.21. The molecular formula is C13H19BrN2OS. The molecule has 1 aromatic heterocycles. The van der Waals surface area contributed by atoms with Crippen molar-refractivity contribution in [2.45, 2.75) is 32.2 Å². The highest BCUT2D eigenvalue weighted by Crippen LogP contribution is 2.23. The number of carbonyl (C=O) groups excluding carboxylic acids is 1. The molecule has 0 radical (unpaired) electrons. The number of amides is 1. The summed E-state index contributed by atoms with van der Waals surface area (Å²) in [5.74, 6) is 0.153. The molecule has 2 heterocycles. The first-order valence-corrected chi connectivity index (χ1v) is 8.09. The Morgan fingerprint density at radius 3 is 2.94 bits per heavy atom. The molecule has 1 aromatic rings. The van der Waals surface area contributed by atoms with Crippen LogP contribution in [0.1, 0.15) is 35.9 Å². The van der Waals surface area contributed by atoms with Crippen LogP contribution in [0.15, 0.2) is 15.9 Å². The standard InChI is InChI=1S/C13H19BrN2OS/c1-2-16(9-10-5-3-4-8-15-10)13(17)11-6-7-12(14)18-11/h6-7,10,15H,2-5,8-9H2,1H3. The summed E-state index contributed by atoms with van der Waals surface area (Å²) >= 11 is 4.91. The molecule has 100 valence electrons. The van der Waals surface area contributed by atoms with E-state index in [1.54, 1.807) is 0 Å². The molecule has 1 fully saturated rings. The molecule has 0 aliphatic carbocycles. The second-order valence-corrected chi connectivity index (χ2v) is 7.06. The quantitative estimate of drug-likeness (QED) is 0.919. The molecule has 0 saturated carbocycles. The monoisotopic (exact) mass is 330 g/mol. The Morgan fingerprint density at radius 2 is 2.39 bits per heavy atom. The van der Waals surface area contributed by atoms with Gasteiger partial charge in [-0.3, -0.25) is 4.79 Å². The zero-order chi connectivity index (χ0) is 13.0. The minimum Gasteiger partial charge on any atom is -0.337 e. The number of nitrogens with zero attached hydrogens (tertiary/aromatic N) is 1. The van der Waals surface area contributed by atoms with Crippen molar-refractivity contribution in [3.63, 3.8) is 0 Å². The lowest BCUT2D eigenvalue weighted by Gasteiger charge is -2.29. The lowest BCUT2D eigenvalue weighted by Crippen LogP contribution is -2.45. The van der Waals surface area contributed by atoms with Crippen molar-refractivity contribution >= 4 is 33.2 Å². The number of hydrogen-bond acceptors (Lipinski definition) is 3. The van der Waals surface area contributed by atoms with Crippen LogP contribution in [0.3, 0.4) is 0 Å². The summed E-state index contributed by atoms with van der Waals surface area (Å²) in [4.78, 5) is 15.1. The molecule has 1 aliphatic rings. The van der Waals surface area contributed by atoms with E-state index in [4.69, 9.17) is 0 Å². The molecule has 2 rings (SSSR count). The van der Waals surface area contributed by atoms with Gasteiger partial charge in [0.2, 0.25) is 0 Å². The number of halogens is 1. The normalized spacial score (nSPS) is 19.8. The van der Waals surface area contributed by atoms with Crippen LogP contribution in [0.4, 0.5) is 0 Å². The van der Waals surface area contributed by atoms with E-state index in [0.717, 1.165) is 28.3 Å². The van der Waals surface area contributed by atoms with E-state index in [0.29, 0.717) is 6.04 Å². The fourth-order valence-corrected chi connectivity index (χ4v) is 3.64. The maximum atomic E-state index is 12.4. The highest BCUT2D eigenvalue weighted by molar-refractivity contribution is 9.11. The average Bonchev–Trinajstić information content (AvgIpc) is 2.83. The fourth-order valence-electron chi connectivity index (χ4n) is 2.29. The summed E-state index contributed by atoms with van der Waals surface area (Å²) in [5, 5.41) is 3.50. The Kier molecular flexibility index (Phi) is 5.21. The summed E-state index contributed by atoms with van der Waals surface area (Å²) in [6, 6.07) is 4.30. The van der Waals surface area contributed by atoms with Gasteiger partial charge in [0, 0.05) is 19.1 Å². The zero-order valence-electron chi connectivity index (χ0n) is 10.6. The molecule has 1 amide bonds. The summed E-state index contributed by atoms with van der Waals surface area (Å²) in [7, 11) is 0. The van der Waals surface area contributed by atoms with Gasteiger partial charge < -0.3 is 10.2 Å². The molecular weight excluding hydrogens is 312 g/mol. The van der Waals surface area contributed by atoms with E-state index in [1.165, 1.54) is 30.6 Å². The van der Waals surface area contributed by atoms with Crippen LogP contribution in [0.25, 0.3) is 0 Å². The fraction of sp³-hybridized carbons (Fsp3) is 0.615. The smallest absolute Gasteiger partial charge is 0.264 e. The van der Waals surface area contributed by atoms with Crippen molar-refractivity contribution in [2.24, 2.45) is 0 Å². The Morgan fingerprint density at radius 1 is 1.56 bits per heavy atom. The van der Waals surface area contributed by atoms with E-state index < -0.39 is 0 Å². The van der Waals surface area contributed by atoms with Gasteiger partial charge in [-0.1, -0.05) is 6.42 Å². The SMILES string of the molecule is CCN(CC1CCCCN1)C(=O)c1ccc(Br)s1. The first kappa shape index (κ1) is 14.0. The lowest BCUT2D eigenvalue weighted by atomic mass is 10.0. The molecule has 3 nitrogen and oxygen atoms in total. The second-order valence-electron chi connectivity index (χ2n) is 4.59. The molecule has 1 N–H and O–H groups in total. The summed E-state index contributed by atoms with van der Waals surface area (Å²) in [5.41, 5.74) is 0. The number of nitrogens with one attached hydrogen (secondary N) is 1. The van der Waals surface area contributed by atoms with Gasteiger partial charge >= 0.3 is 0 Å². The van der Waals surface area contributed by atoms with E-state index in [2.05, 4.69) is 21.2 Å². The summed E-state index contributed by atoms with van der Waals surface area (Å²) in [6.07, 6.45) is 3.71. The van der Waals surface area contributed by atoms with E-state index in [9.17, 15) is 4.79 Å². The third kappa shape index (κ3) is 3.56. The van der Waals surface area contributed by atoms with Gasteiger partial charge in [0.05, 0.1) is 8.66 Å². The molecule has 1 atom stereocenters. The van der Waals surface area contributed by atoms with Crippen molar-refractivity contribution in [2.75, 3.05) is 19.6 Å². The van der Waals surface area contributed by atoms with Crippen LogP contribution >= 0.6 is 27.3 Å². The van der Waals surface area contributed by atoms with Crippen molar-refractivity contribution in [3.8, 4) is 0 Å². The molecule has 1 unspecified atom stereocenters. The topological polar surface area (TPSA) is 32.3 Å². The largest absolute Gasteiger partial charge is 0.337 e. The highest BCUT2D eigenvalue weighted by atomic mass is 79.9. The van der Waals surface area contributed by atoms with Gasteiger partial charge in [-0.25, -0.2) is 0 Å². The molecule has 1 aliphatic heterocycles. The number of rotatable bonds is 4. The molecule has 0 spiro atoms. The molecule has 0 bridgehead atoms. The van der Waals surface area contributed by atoms with Crippen LogP contribution in [0, 0.1) is 0 Å². The van der Waals surface area contributed by atoms with Gasteiger partial charge in [-0.05, 0) is 54.4 Å². The first-order chi connectivity index (χ1) is 8.70. The van der Waals surface area contributed by atoms with Gasteiger partial charge in [0.25, 0.3) is 5.91 Å². The molecule has 18 heavy (non-hydrogen) atoms. The van der Waals surface area contributed by atoms with Gasteiger partial charge in [-0.15, -0.1) is 11.3 Å². The van der Waals surface area contributed by atoms with Crippen molar-refractivity contribution in [3.05, 3.63) is 20.8 Å². The third-order valence-electron chi connectivity index (χ3n) is 3.31. The zero-order valence-corrected chi connectivity index (χ0v) is 13.0. The predicted molar refractivity (Wildman–Crippen MR) is 79.2 cm³/mol. The minimum absolute atomic E-state index is 0.153. The van der Waals surface area contributed by atoms with Crippen molar-refractivity contribution in [1.82, 2.24) is 10.2 Å². The Hall–Kier alpha value is -0.390. The molecule has 5 heteroatoms. The maximum Gasteiger partial charge on any atom is 0.264 e. The van der Waals surface area contributed by atoms with Crippen LogP contribution in [0.2, 0.25) is 0 Å². The van der Waals surface area contributed by atoms with E-state index >= 15 is 0 Å². The van der Waals surface area contributed by atoms with Crippen molar-refractivity contribution < 1.29 is 4.79 Å². The molecule has 0 aromatic carbocycles. The lowest BCUT2D eigenvalue weighted by molar-refractivity contribution is 0.0746. The van der Waals surface area contributed by atoms with E-state index in [-0.39, 0.29) is 5.91 Å². The van der Waals surface area contributed by atoms with Gasteiger partial charge in [0.1, 0.15) is 0 Å². The second kappa shape index (κ2) is 6.68. The van der Waals surface area contributed by atoms with E-state index in [1.807, 2.05) is 24.0 Å². The number of carbonyl (C=O) groups is 1. The maximum absolute atomic E-state index is 12.4. The summed E-state index contributed by atoms with van der Waals surface area (Å²) < 4.78 is 1.01. The molecule has 1 saturated heterocycles. The van der Waals surface area contributed by atoms with Crippen LogP contribution in [-0.4, -0.2) is 36.5 Å². The van der Waals surface area contributed by atoms with Crippen LogP contribution < -0.4 is 5.32 Å². The summed E-state index contributed by atoms with van der Waals surface area (Å²) in [6.45, 7) is 4.72. The Labute approximate surface area is 121 Å². The Bertz CT molecular complexity index is 401.